The van der Waals surface area contributed by atoms with Gasteiger partial charge in [0.2, 0.25) is 0 Å². The van der Waals surface area contributed by atoms with Crippen LogP contribution in [-0.4, -0.2) is 16.0 Å². The van der Waals surface area contributed by atoms with Crippen molar-refractivity contribution in [3.05, 3.63) is 46.5 Å². The highest BCUT2D eigenvalue weighted by Crippen LogP contribution is 2.41. The number of thiazole rings is 1. The van der Waals surface area contributed by atoms with Gasteiger partial charge in [0.05, 0.1) is 11.7 Å². The Labute approximate surface area is 138 Å². The first kappa shape index (κ1) is 14.3. The molecule has 118 valence electrons. The molecule has 2 aromatic heterocycles. The van der Waals surface area contributed by atoms with E-state index in [4.69, 9.17) is 0 Å². The first-order chi connectivity index (χ1) is 11.2. The average molecular weight is 326 g/mol. The fourth-order valence-corrected chi connectivity index (χ4v) is 3.76. The number of hydrogen-bond donors (Lipinski definition) is 3. The number of rotatable bonds is 4. The lowest BCUT2D eigenvalue weighted by molar-refractivity contribution is 0.247. The van der Waals surface area contributed by atoms with Gasteiger partial charge in [-0.1, -0.05) is 6.07 Å². The quantitative estimate of drug-likeness (QED) is 0.672. The number of aryl methyl sites for hydroxylation is 1. The molecule has 1 saturated carbocycles. The third-order valence-corrected chi connectivity index (χ3v) is 5.17. The average Bonchev–Trinajstić information content (AvgIpc) is 3.09. The Morgan fingerprint density at radius 3 is 3.00 bits per heavy atom. The van der Waals surface area contributed by atoms with Crippen LogP contribution in [0.15, 0.2) is 35.8 Å². The Hall–Kier alpha value is -2.34. The molecule has 2 heterocycles. The van der Waals surface area contributed by atoms with Crippen molar-refractivity contribution < 1.29 is 4.79 Å². The van der Waals surface area contributed by atoms with E-state index in [0.717, 1.165) is 40.1 Å². The standard InChI is InChI=1S/C17H18N4OS/c1-10-9-23-16(19-10)15(11-5-6-11)21-17(22)20-14-4-2-3-13-12(14)7-8-18-13/h2-4,7-9,11,15,18H,5-6H2,1H3,(H2,20,21,22)/t15-/m0/s1. The molecule has 1 aliphatic rings. The predicted molar refractivity (Wildman–Crippen MR) is 92.8 cm³/mol. The topological polar surface area (TPSA) is 69.8 Å². The fraction of sp³-hybridized carbons (Fsp3) is 0.294. The van der Waals surface area contributed by atoms with Crippen molar-refractivity contribution in [1.82, 2.24) is 15.3 Å². The fourth-order valence-electron chi connectivity index (χ4n) is 2.82. The number of fused-ring (bicyclic) bond motifs is 1. The summed E-state index contributed by atoms with van der Waals surface area (Å²) in [6.45, 7) is 1.98. The summed E-state index contributed by atoms with van der Waals surface area (Å²) in [4.78, 5) is 20.1. The van der Waals surface area contributed by atoms with Gasteiger partial charge in [-0.2, -0.15) is 0 Å². The molecule has 2 amide bonds. The molecule has 0 unspecified atom stereocenters. The van der Waals surface area contributed by atoms with E-state index in [9.17, 15) is 4.79 Å². The number of carbonyl (C=O) groups excluding carboxylic acids is 1. The summed E-state index contributed by atoms with van der Waals surface area (Å²) in [5.74, 6) is 0.509. The minimum absolute atomic E-state index is 0.0131. The molecular weight excluding hydrogens is 308 g/mol. The van der Waals surface area contributed by atoms with E-state index in [-0.39, 0.29) is 12.1 Å². The van der Waals surface area contributed by atoms with E-state index in [1.54, 1.807) is 11.3 Å². The second-order valence-corrected chi connectivity index (χ2v) is 6.87. The number of hydrogen-bond acceptors (Lipinski definition) is 3. The second-order valence-electron chi connectivity index (χ2n) is 5.99. The first-order valence-corrected chi connectivity index (χ1v) is 8.64. The van der Waals surface area contributed by atoms with Crippen molar-refractivity contribution in [1.29, 1.82) is 0 Å². The smallest absolute Gasteiger partial charge is 0.319 e. The van der Waals surface area contributed by atoms with Crippen LogP contribution >= 0.6 is 11.3 Å². The molecule has 0 radical (unpaired) electrons. The minimum Gasteiger partial charge on any atom is -0.361 e. The Bertz CT molecular complexity index is 849. The van der Waals surface area contributed by atoms with Crippen LogP contribution < -0.4 is 10.6 Å². The van der Waals surface area contributed by atoms with Crippen LogP contribution in [0.4, 0.5) is 10.5 Å². The summed E-state index contributed by atoms with van der Waals surface area (Å²) >= 11 is 1.62. The van der Waals surface area contributed by atoms with Crippen molar-refractivity contribution in [3.63, 3.8) is 0 Å². The number of benzene rings is 1. The third-order valence-electron chi connectivity index (χ3n) is 4.13. The van der Waals surface area contributed by atoms with Crippen LogP contribution in [0.2, 0.25) is 0 Å². The number of aromatic nitrogens is 2. The maximum absolute atomic E-state index is 12.4. The van der Waals surface area contributed by atoms with Gasteiger partial charge in [0, 0.05) is 28.2 Å². The number of carbonyl (C=O) groups is 1. The molecule has 1 atom stereocenters. The number of aromatic amines is 1. The lowest BCUT2D eigenvalue weighted by Crippen LogP contribution is -2.33. The SMILES string of the molecule is Cc1csc([C@@H](NC(=O)Nc2cccc3[nH]ccc23)C2CC2)n1. The van der Waals surface area contributed by atoms with E-state index < -0.39 is 0 Å². The second kappa shape index (κ2) is 5.70. The van der Waals surface area contributed by atoms with Crippen molar-refractivity contribution in [2.75, 3.05) is 5.32 Å². The predicted octanol–water partition coefficient (Wildman–Crippen LogP) is 4.21. The van der Waals surface area contributed by atoms with Gasteiger partial charge in [0.25, 0.3) is 0 Å². The van der Waals surface area contributed by atoms with Crippen molar-refractivity contribution in [2.24, 2.45) is 5.92 Å². The van der Waals surface area contributed by atoms with Crippen molar-refractivity contribution in [3.8, 4) is 0 Å². The number of amides is 2. The third kappa shape index (κ3) is 2.94. The molecular formula is C17H18N4OS. The summed E-state index contributed by atoms with van der Waals surface area (Å²) in [6.07, 6.45) is 4.17. The number of anilines is 1. The summed E-state index contributed by atoms with van der Waals surface area (Å²) < 4.78 is 0. The van der Waals surface area contributed by atoms with Crippen LogP contribution in [0, 0.1) is 12.8 Å². The number of nitrogens with one attached hydrogen (secondary N) is 3. The molecule has 3 aromatic rings. The molecule has 1 aliphatic carbocycles. The molecule has 6 heteroatoms. The highest BCUT2D eigenvalue weighted by atomic mass is 32.1. The highest BCUT2D eigenvalue weighted by Gasteiger charge is 2.35. The molecule has 0 saturated heterocycles. The van der Waals surface area contributed by atoms with Crippen LogP contribution in [0.5, 0.6) is 0 Å². The zero-order chi connectivity index (χ0) is 15.8. The molecule has 0 aliphatic heterocycles. The lowest BCUT2D eigenvalue weighted by atomic mass is 10.2. The van der Waals surface area contributed by atoms with E-state index in [1.165, 1.54) is 0 Å². The van der Waals surface area contributed by atoms with Crippen LogP contribution in [0.1, 0.15) is 29.6 Å². The van der Waals surface area contributed by atoms with E-state index in [1.807, 2.05) is 42.8 Å². The van der Waals surface area contributed by atoms with E-state index >= 15 is 0 Å². The monoisotopic (exact) mass is 326 g/mol. The normalized spacial score (nSPS) is 15.5. The lowest BCUT2D eigenvalue weighted by Gasteiger charge is -2.16. The van der Waals surface area contributed by atoms with Crippen LogP contribution in [-0.2, 0) is 0 Å². The molecule has 3 N–H and O–H groups in total. The van der Waals surface area contributed by atoms with Crippen molar-refractivity contribution in [2.45, 2.75) is 25.8 Å². The molecule has 0 spiro atoms. The highest BCUT2D eigenvalue weighted by molar-refractivity contribution is 7.09. The summed E-state index contributed by atoms with van der Waals surface area (Å²) in [7, 11) is 0. The Morgan fingerprint density at radius 1 is 1.39 bits per heavy atom. The number of urea groups is 1. The molecule has 1 fully saturated rings. The van der Waals surface area contributed by atoms with Crippen LogP contribution in [0.3, 0.4) is 0 Å². The zero-order valence-electron chi connectivity index (χ0n) is 12.8. The van der Waals surface area contributed by atoms with Gasteiger partial charge in [-0.05, 0) is 43.9 Å². The summed E-state index contributed by atoms with van der Waals surface area (Å²) in [6, 6.07) is 7.63. The Morgan fingerprint density at radius 2 is 2.26 bits per heavy atom. The largest absolute Gasteiger partial charge is 0.361 e. The summed E-state index contributed by atoms with van der Waals surface area (Å²) in [5.41, 5.74) is 2.83. The van der Waals surface area contributed by atoms with Gasteiger partial charge in [-0.25, -0.2) is 9.78 Å². The van der Waals surface area contributed by atoms with Gasteiger partial charge in [0.15, 0.2) is 0 Å². The number of nitrogens with zero attached hydrogens (tertiary/aromatic N) is 1. The minimum atomic E-state index is -0.177. The van der Waals surface area contributed by atoms with Crippen molar-refractivity contribution >= 4 is 34.0 Å². The number of H-pyrrole nitrogens is 1. The zero-order valence-corrected chi connectivity index (χ0v) is 13.6. The van der Waals surface area contributed by atoms with Crippen LogP contribution in [0.25, 0.3) is 10.9 Å². The first-order valence-electron chi connectivity index (χ1n) is 7.76. The van der Waals surface area contributed by atoms with E-state index in [2.05, 4.69) is 20.6 Å². The Kier molecular flexibility index (Phi) is 3.53. The van der Waals surface area contributed by atoms with Gasteiger partial charge < -0.3 is 15.6 Å². The Balaban J connectivity index is 1.51. The molecule has 1 aromatic carbocycles. The molecule has 5 nitrogen and oxygen atoms in total. The van der Waals surface area contributed by atoms with E-state index in [0.29, 0.717) is 5.92 Å². The maximum Gasteiger partial charge on any atom is 0.319 e. The van der Waals surface area contributed by atoms with Gasteiger partial charge in [0.1, 0.15) is 5.01 Å². The van der Waals surface area contributed by atoms with Gasteiger partial charge >= 0.3 is 6.03 Å². The van der Waals surface area contributed by atoms with Gasteiger partial charge in [-0.15, -0.1) is 11.3 Å². The summed E-state index contributed by atoms with van der Waals surface area (Å²) in [5, 5.41) is 10.1. The van der Waals surface area contributed by atoms with Gasteiger partial charge in [-0.3, -0.25) is 0 Å². The molecule has 23 heavy (non-hydrogen) atoms. The maximum atomic E-state index is 12.4. The molecule has 0 bridgehead atoms. The molecule has 4 rings (SSSR count).